The summed E-state index contributed by atoms with van der Waals surface area (Å²) < 4.78 is 0. The van der Waals surface area contributed by atoms with Crippen molar-refractivity contribution < 1.29 is 0 Å². The van der Waals surface area contributed by atoms with E-state index < -0.39 is 0 Å². The lowest BCUT2D eigenvalue weighted by molar-refractivity contribution is 0.207. The fourth-order valence-electron chi connectivity index (χ4n) is 2.01. The molecule has 1 N–H and O–H groups in total. The van der Waals surface area contributed by atoms with Crippen molar-refractivity contribution in [1.29, 1.82) is 5.26 Å². The molecule has 0 saturated carbocycles. The number of nitriles is 1. The van der Waals surface area contributed by atoms with Crippen molar-refractivity contribution in [2.75, 3.05) is 26.2 Å². The van der Waals surface area contributed by atoms with Gasteiger partial charge in [-0.3, -0.25) is 4.90 Å². The molecule has 2 rings (SSSR count). The SMILES string of the molecule is N#CC(c1ccc(Cl)cc1Cl)N1CCNCC1. The van der Waals surface area contributed by atoms with E-state index in [9.17, 15) is 5.26 Å². The standard InChI is InChI=1S/C12H13Cl2N3/c13-9-1-2-10(11(14)7-9)12(8-15)17-5-3-16-4-6-17/h1-2,7,12,16H,3-6H2. The van der Waals surface area contributed by atoms with E-state index in [0.717, 1.165) is 31.7 Å². The molecule has 0 bridgehead atoms. The van der Waals surface area contributed by atoms with Crippen LogP contribution in [0.15, 0.2) is 18.2 Å². The summed E-state index contributed by atoms with van der Waals surface area (Å²) in [5, 5.41) is 13.7. The minimum atomic E-state index is -0.290. The molecule has 0 amide bonds. The molecule has 0 aliphatic carbocycles. The zero-order valence-electron chi connectivity index (χ0n) is 9.29. The Morgan fingerprint density at radius 1 is 1.29 bits per heavy atom. The summed E-state index contributed by atoms with van der Waals surface area (Å²) in [5.41, 5.74) is 0.834. The topological polar surface area (TPSA) is 39.1 Å². The molecule has 1 unspecified atom stereocenters. The maximum atomic E-state index is 9.32. The Morgan fingerprint density at radius 3 is 2.59 bits per heavy atom. The lowest BCUT2D eigenvalue weighted by Crippen LogP contribution is -2.44. The van der Waals surface area contributed by atoms with Crippen LogP contribution >= 0.6 is 23.2 Å². The maximum Gasteiger partial charge on any atom is 0.125 e. The quantitative estimate of drug-likeness (QED) is 0.897. The summed E-state index contributed by atoms with van der Waals surface area (Å²) in [7, 11) is 0. The van der Waals surface area contributed by atoms with Gasteiger partial charge >= 0.3 is 0 Å². The van der Waals surface area contributed by atoms with E-state index in [1.54, 1.807) is 12.1 Å². The fourth-order valence-corrected chi connectivity index (χ4v) is 2.52. The van der Waals surface area contributed by atoms with Crippen molar-refractivity contribution in [3.8, 4) is 6.07 Å². The number of nitrogens with one attached hydrogen (secondary N) is 1. The van der Waals surface area contributed by atoms with Crippen molar-refractivity contribution in [3.05, 3.63) is 33.8 Å². The van der Waals surface area contributed by atoms with Crippen LogP contribution in [0.1, 0.15) is 11.6 Å². The highest BCUT2D eigenvalue weighted by atomic mass is 35.5. The molecule has 1 saturated heterocycles. The number of rotatable bonds is 2. The Bertz CT molecular complexity index is 436. The molecule has 3 nitrogen and oxygen atoms in total. The van der Waals surface area contributed by atoms with Gasteiger partial charge in [0.1, 0.15) is 6.04 Å². The first-order valence-electron chi connectivity index (χ1n) is 5.51. The van der Waals surface area contributed by atoms with E-state index >= 15 is 0 Å². The summed E-state index contributed by atoms with van der Waals surface area (Å²) in [6, 6.07) is 7.32. The van der Waals surface area contributed by atoms with Gasteiger partial charge in [0.15, 0.2) is 0 Å². The molecule has 1 heterocycles. The molecule has 1 aliphatic rings. The average Bonchev–Trinajstić information content (AvgIpc) is 2.34. The van der Waals surface area contributed by atoms with Gasteiger partial charge in [0.05, 0.1) is 6.07 Å². The Kier molecular flexibility index (Phi) is 4.25. The number of hydrogen-bond donors (Lipinski definition) is 1. The minimum Gasteiger partial charge on any atom is -0.314 e. The summed E-state index contributed by atoms with van der Waals surface area (Å²) in [5.74, 6) is 0. The summed E-state index contributed by atoms with van der Waals surface area (Å²) >= 11 is 12.0. The lowest BCUT2D eigenvalue weighted by atomic mass is 10.1. The van der Waals surface area contributed by atoms with E-state index in [1.807, 2.05) is 6.07 Å². The normalized spacial score (nSPS) is 18.6. The Hall–Kier alpha value is -0.790. The number of benzene rings is 1. The van der Waals surface area contributed by atoms with Crippen LogP contribution in [0.5, 0.6) is 0 Å². The van der Waals surface area contributed by atoms with Gasteiger partial charge in [-0.1, -0.05) is 29.3 Å². The molecule has 0 radical (unpaired) electrons. The first-order valence-corrected chi connectivity index (χ1v) is 6.27. The largest absolute Gasteiger partial charge is 0.314 e. The molecule has 1 aromatic rings. The molecule has 0 spiro atoms. The van der Waals surface area contributed by atoms with Gasteiger partial charge in [-0.2, -0.15) is 5.26 Å². The highest BCUT2D eigenvalue weighted by Gasteiger charge is 2.23. The van der Waals surface area contributed by atoms with Crippen molar-refractivity contribution in [2.45, 2.75) is 6.04 Å². The minimum absolute atomic E-state index is 0.290. The molecular weight excluding hydrogens is 257 g/mol. The number of hydrogen-bond acceptors (Lipinski definition) is 3. The molecule has 1 fully saturated rings. The Balaban J connectivity index is 2.25. The van der Waals surface area contributed by atoms with Crippen molar-refractivity contribution in [3.63, 3.8) is 0 Å². The van der Waals surface area contributed by atoms with Gasteiger partial charge in [0.25, 0.3) is 0 Å². The number of nitrogens with zero attached hydrogens (tertiary/aromatic N) is 2. The third-order valence-corrected chi connectivity index (χ3v) is 3.46. The average molecular weight is 270 g/mol. The van der Waals surface area contributed by atoms with E-state index in [0.29, 0.717) is 10.0 Å². The van der Waals surface area contributed by atoms with Crippen molar-refractivity contribution in [1.82, 2.24) is 10.2 Å². The second-order valence-corrected chi connectivity index (χ2v) is 4.83. The predicted octanol–water partition coefficient (Wildman–Crippen LogP) is 2.46. The molecular formula is C12H13Cl2N3. The second kappa shape index (κ2) is 5.70. The van der Waals surface area contributed by atoms with Crippen LogP contribution in [0.4, 0.5) is 0 Å². The lowest BCUT2D eigenvalue weighted by Gasteiger charge is -2.31. The molecule has 5 heteroatoms. The van der Waals surface area contributed by atoms with E-state index in [4.69, 9.17) is 23.2 Å². The van der Waals surface area contributed by atoms with Crippen LogP contribution in [0.2, 0.25) is 10.0 Å². The smallest absolute Gasteiger partial charge is 0.125 e. The third-order valence-electron chi connectivity index (χ3n) is 2.90. The Morgan fingerprint density at radius 2 is 2.00 bits per heavy atom. The van der Waals surface area contributed by atoms with Crippen LogP contribution in [0.3, 0.4) is 0 Å². The molecule has 17 heavy (non-hydrogen) atoms. The van der Waals surface area contributed by atoms with Gasteiger partial charge in [-0.25, -0.2) is 0 Å². The van der Waals surface area contributed by atoms with Crippen LogP contribution < -0.4 is 5.32 Å². The molecule has 90 valence electrons. The number of halogens is 2. The molecule has 0 aromatic heterocycles. The van der Waals surface area contributed by atoms with Crippen LogP contribution in [-0.2, 0) is 0 Å². The van der Waals surface area contributed by atoms with Gasteiger partial charge < -0.3 is 5.32 Å². The van der Waals surface area contributed by atoms with E-state index in [2.05, 4.69) is 16.3 Å². The first kappa shape index (κ1) is 12.7. The van der Waals surface area contributed by atoms with Gasteiger partial charge in [-0.15, -0.1) is 0 Å². The molecule has 1 aliphatic heterocycles. The van der Waals surface area contributed by atoms with E-state index in [1.165, 1.54) is 0 Å². The van der Waals surface area contributed by atoms with Crippen molar-refractivity contribution >= 4 is 23.2 Å². The van der Waals surface area contributed by atoms with Crippen LogP contribution in [0, 0.1) is 11.3 Å². The second-order valence-electron chi connectivity index (χ2n) is 3.98. The van der Waals surface area contributed by atoms with Crippen molar-refractivity contribution in [2.24, 2.45) is 0 Å². The van der Waals surface area contributed by atoms with Gasteiger partial charge in [-0.05, 0) is 12.1 Å². The van der Waals surface area contributed by atoms with E-state index in [-0.39, 0.29) is 6.04 Å². The summed E-state index contributed by atoms with van der Waals surface area (Å²) in [6.07, 6.45) is 0. The Labute approximate surface area is 111 Å². The molecule has 1 atom stereocenters. The monoisotopic (exact) mass is 269 g/mol. The fraction of sp³-hybridized carbons (Fsp3) is 0.417. The summed E-state index contributed by atoms with van der Waals surface area (Å²) in [6.45, 7) is 3.53. The van der Waals surface area contributed by atoms with Gasteiger partial charge in [0.2, 0.25) is 0 Å². The highest BCUT2D eigenvalue weighted by molar-refractivity contribution is 6.35. The highest BCUT2D eigenvalue weighted by Crippen LogP contribution is 2.29. The molecule has 1 aromatic carbocycles. The third kappa shape index (κ3) is 2.91. The maximum absolute atomic E-state index is 9.32. The van der Waals surface area contributed by atoms with Crippen LogP contribution in [0.25, 0.3) is 0 Å². The first-order chi connectivity index (χ1) is 8.22. The number of piperazine rings is 1. The predicted molar refractivity (Wildman–Crippen MR) is 69.3 cm³/mol. The summed E-state index contributed by atoms with van der Waals surface area (Å²) in [4.78, 5) is 2.13. The van der Waals surface area contributed by atoms with Crippen LogP contribution in [-0.4, -0.2) is 31.1 Å². The zero-order chi connectivity index (χ0) is 12.3. The van der Waals surface area contributed by atoms with Gasteiger partial charge in [0, 0.05) is 41.8 Å². The zero-order valence-corrected chi connectivity index (χ0v) is 10.8.